The molecule has 0 aromatic heterocycles. The van der Waals surface area contributed by atoms with E-state index >= 15 is 0 Å². The Morgan fingerprint density at radius 3 is 2.74 bits per heavy atom. The van der Waals surface area contributed by atoms with Gasteiger partial charge in [0, 0.05) is 10.2 Å². The van der Waals surface area contributed by atoms with Crippen molar-refractivity contribution in [3.8, 4) is 0 Å². The lowest BCUT2D eigenvalue weighted by atomic mass is 10.2. The van der Waals surface area contributed by atoms with Gasteiger partial charge in [-0.3, -0.25) is 4.79 Å². The molecule has 3 nitrogen and oxygen atoms in total. The van der Waals surface area contributed by atoms with Crippen LogP contribution in [-0.2, 0) is 0 Å². The van der Waals surface area contributed by atoms with Gasteiger partial charge in [-0.05, 0) is 36.4 Å². The van der Waals surface area contributed by atoms with Crippen LogP contribution in [-0.4, -0.2) is 5.91 Å². The molecule has 0 saturated carbocycles. The fourth-order valence-corrected chi connectivity index (χ4v) is 2.03. The molecule has 0 fully saturated rings. The second kappa shape index (κ2) is 5.59. The van der Waals surface area contributed by atoms with E-state index in [0.717, 1.165) is 0 Å². The summed E-state index contributed by atoms with van der Waals surface area (Å²) in [7, 11) is 0. The topological polar surface area (TPSA) is 55.1 Å². The summed E-state index contributed by atoms with van der Waals surface area (Å²) in [4.78, 5) is 12.0. The molecule has 2 rings (SSSR count). The minimum atomic E-state index is -0.610. The molecule has 3 N–H and O–H groups in total. The van der Waals surface area contributed by atoms with E-state index < -0.39 is 11.7 Å². The van der Waals surface area contributed by atoms with Gasteiger partial charge in [0.2, 0.25) is 0 Å². The van der Waals surface area contributed by atoms with Crippen LogP contribution in [0.1, 0.15) is 10.4 Å². The lowest BCUT2D eigenvalue weighted by Gasteiger charge is -2.09. The Balaban J connectivity index is 2.30. The third-order valence-corrected chi connectivity index (χ3v) is 3.23. The highest BCUT2D eigenvalue weighted by Gasteiger charge is 2.13. The van der Waals surface area contributed by atoms with Crippen molar-refractivity contribution in [3.63, 3.8) is 0 Å². The van der Waals surface area contributed by atoms with E-state index in [-0.39, 0.29) is 5.56 Å². The van der Waals surface area contributed by atoms with Gasteiger partial charge in [0.1, 0.15) is 5.82 Å². The first-order chi connectivity index (χ1) is 8.97. The molecule has 0 saturated heterocycles. The second-order valence-corrected chi connectivity index (χ2v) is 5.14. The first-order valence-electron chi connectivity index (χ1n) is 5.29. The van der Waals surface area contributed by atoms with Crippen molar-refractivity contribution in [1.29, 1.82) is 0 Å². The minimum absolute atomic E-state index is 0.0760. The largest absolute Gasteiger partial charge is 0.399 e. The molecule has 0 aliphatic rings. The number of carbonyl (C=O) groups excluding carboxylic acids is 1. The number of benzene rings is 2. The summed E-state index contributed by atoms with van der Waals surface area (Å²) in [6, 6.07) is 8.79. The van der Waals surface area contributed by atoms with Gasteiger partial charge >= 0.3 is 0 Å². The standard InChI is InChI=1S/C13H9BrClFN2O/c14-7-1-4-11(16)9(5-7)13(19)18-12-6-8(17)2-3-10(12)15/h1-6H,17H2,(H,18,19). The van der Waals surface area contributed by atoms with Gasteiger partial charge in [-0.25, -0.2) is 4.39 Å². The number of hydrogen-bond acceptors (Lipinski definition) is 2. The third kappa shape index (κ3) is 3.24. The summed E-state index contributed by atoms with van der Waals surface area (Å²) in [6.45, 7) is 0. The van der Waals surface area contributed by atoms with Crippen LogP contribution in [0.15, 0.2) is 40.9 Å². The van der Waals surface area contributed by atoms with Crippen LogP contribution in [0.25, 0.3) is 0 Å². The Bertz CT molecular complexity index is 649. The Kier molecular flexibility index (Phi) is 4.07. The number of nitrogens with two attached hydrogens (primary N) is 1. The Hall–Kier alpha value is -1.59. The SMILES string of the molecule is Nc1ccc(Cl)c(NC(=O)c2cc(Br)ccc2F)c1. The first kappa shape index (κ1) is 13.8. The molecular formula is C13H9BrClFN2O. The molecule has 0 aliphatic heterocycles. The highest BCUT2D eigenvalue weighted by Crippen LogP contribution is 2.25. The normalized spacial score (nSPS) is 10.3. The zero-order valence-electron chi connectivity index (χ0n) is 9.58. The maximum absolute atomic E-state index is 13.6. The number of nitrogen functional groups attached to an aromatic ring is 1. The molecule has 1 amide bonds. The quantitative estimate of drug-likeness (QED) is 0.807. The summed E-state index contributed by atoms with van der Waals surface area (Å²) >= 11 is 9.11. The number of rotatable bonds is 2. The van der Waals surface area contributed by atoms with E-state index in [1.165, 1.54) is 24.3 Å². The second-order valence-electron chi connectivity index (χ2n) is 3.82. The van der Waals surface area contributed by atoms with E-state index in [9.17, 15) is 9.18 Å². The van der Waals surface area contributed by atoms with Gasteiger partial charge in [0.25, 0.3) is 5.91 Å². The monoisotopic (exact) mass is 342 g/mol. The smallest absolute Gasteiger partial charge is 0.258 e. The molecule has 6 heteroatoms. The maximum atomic E-state index is 13.6. The third-order valence-electron chi connectivity index (χ3n) is 2.41. The average molecular weight is 344 g/mol. The van der Waals surface area contributed by atoms with Crippen molar-refractivity contribution in [2.75, 3.05) is 11.1 Å². The van der Waals surface area contributed by atoms with Crippen LogP contribution in [0.4, 0.5) is 15.8 Å². The van der Waals surface area contributed by atoms with Gasteiger partial charge in [0.15, 0.2) is 0 Å². The molecule has 98 valence electrons. The molecule has 0 unspecified atom stereocenters. The molecule has 0 spiro atoms. The van der Waals surface area contributed by atoms with Crippen molar-refractivity contribution in [3.05, 3.63) is 57.3 Å². The molecule has 2 aromatic rings. The molecule has 0 heterocycles. The number of anilines is 2. The number of halogens is 3. The number of nitrogens with one attached hydrogen (secondary N) is 1. The van der Waals surface area contributed by atoms with E-state index in [2.05, 4.69) is 21.2 Å². The van der Waals surface area contributed by atoms with Crippen LogP contribution in [0.5, 0.6) is 0 Å². The Morgan fingerprint density at radius 1 is 1.26 bits per heavy atom. The lowest BCUT2D eigenvalue weighted by Crippen LogP contribution is -2.14. The maximum Gasteiger partial charge on any atom is 0.258 e. The Morgan fingerprint density at radius 2 is 2.00 bits per heavy atom. The fraction of sp³-hybridized carbons (Fsp3) is 0. The molecular weight excluding hydrogens is 335 g/mol. The van der Waals surface area contributed by atoms with Crippen molar-refractivity contribution >= 4 is 44.8 Å². The van der Waals surface area contributed by atoms with Crippen LogP contribution < -0.4 is 11.1 Å². The van der Waals surface area contributed by atoms with Gasteiger partial charge in [0.05, 0.1) is 16.3 Å². The zero-order chi connectivity index (χ0) is 14.0. The van der Waals surface area contributed by atoms with Gasteiger partial charge in [-0.1, -0.05) is 27.5 Å². The van der Waals surface area contributed by atoms with Crippen LogP contribution in [0, 0.1) is 5.82 Å². The van der Waals surface area contributed by atoms with Crippen LogP contribution >= 0.6 is 27.5 Å². The van der Waals surface area contributed by atoms with Crippen molar-refractivity contribution in [1.82, 2.24) is 0 Å². The van der Waals surface area contributed by atoms with Crippen molar-refractivity contribution in [2.45, 2.75) is 0 Å². The fourth-order valence-electron chi connectivity index (χ4n) is 1.50. The summed E-state index contributed by atoms with van der Waals surface area (Å²) in [6.07, 6.45) is 0. The minimum Gasteiger partial charge on any atom is -0.399 e. The van der Waals surface area contributed by atoms with Gasteiger partial charge < -0.3 is 11.1 Å². The first-order valence-corrected chi connectivity index (χ1v) is 6.46. The number of amides is 1. The van der Waals surface area contributed by atoms with E-state index in [4.69, 9.17) is 17.3 Å². The Labute approximate surface area is 122 Å². The number of hydrogen-bond donors (Lipinski definition) is 2. The van der Waals surface area contributed by atoms with Crippen molar-refractivity contribution < 1.29 is 9.18 Å². The van der Waals surface area contributed by atoms with Gasteiger partial charge in [-0.15, -0.1) is 0 Å². The predicted octanol–water partition coefficient (Wildman–Crippen LogP) is 4.08. The summed E-state index contributed by atoms with van der Waals surface area (Å²) in [5.74, 6) is -1.20. The average Bonchev–Trinajstić information content (AvgIpc) is 2.36. The van der Waals surface area contributed by atoms with E-state index in [1.54, 1.807) is 12.1 Å². The number of carbonyl (C=O) groups is 1. The molecule has 2 aromatic carbocycles. The summed E-state index contributed by atoms with van der Waals surface area (Å²) < 4.78 is 14.2. The molecule has 0 bridgehead atoms. The predicted molar refractivity (Wildman–Crippen MR) is 77.9 cm³/mol. The summed E-state index contributed by atoms with van der Waals surface area (Å²) in [5, 5.41) is 2.86. The van der Waals surface area contributed by atoms with E-state index in [0.29, 0.717) is 20.9 Å². The molecule has 0 atom stereocenters. The van der Waals surface area contributed by atoms with Crippen LogP contribution in [0.2, 0.25) is 5.02 Å². The van der Waals surface area contributed by atoms with Crippen molar-refractivity contribution in [2.24, 2.45) is 0 Å². The molecule has 0 radical (unpaired) electrons. The lowest BCUT2D eigenvalue weighted by molar-refractivity contribution is 0.102. The molecule has 19 heavy (non-hydrogen) atoms. The highest BCUT2D eigenvalue weighted by molar-refractivity contribution is 9.10. The summed E-state index contributed by atoms with van der Waals surface area (Å²) in [5.41, 5.74) is 6.32. The molecule has 0 aliphatic carbocycles. The van der Waals surface area contributed by atoms with E-state index in [1.807, 2.05) is 0 Å². The van der Waals surface area contributed by atoms with Gasteiger partial charge in [-0.2, -0.15) is 0 Å². The van der Waals surface area contributed by atoms with Crippen LogP contribution in [0.3, 0.4) is 0 Å². The highest BCUT2D eigenvalue weighted by atomic mass is 79.9. The zero-order valence-corrected chi connectivity index (χ0v) is 11.9.